The number of furan rings is 1. The van der Waals surface area contributed by atoms with Crippen LogP contribution in [0.25, 0.3) is 61.2 Å². The van der Waals surface area contributed by atoms with Gasteiger partial charge in [-0.1, -0.05) is 84.4 Å². The van der Waals surface area contributed by atoms with Crippen molar-refractivity contribution in [2.45, 2.75) is 6.92 Å². The molecule has 0 saturated heterocycles. The van der Waals surface area contributed by atoms with Crippen LogP contribution < -0.4 is 0 Å². The van der Waals surface area contributed by atoms with Crippen LogP contribution in [-0.4, -0.2) is 9.55 Å². The Hall–Kier alpha value is -4.63. The summed E-state index contributed by atoms with van der Waals surface area (Å²) in [5, 5.41) is 2.30. The summed E-state index contributed by atoms with van der Waals surface area (Å²) >= 11 is 0. The van der Waals surface area contributed by atoms with Crippen molar-refractivity contribution in [1.29, 1.82) is 0 Å². The molecule has 7 aromatic rings. The lowest BCUT2D eigenvalue weighted by molar-refractivity contribution is 0.670. The summed E-state index contributed by atoms with van der Waals surface area (Å²) in [6.45, 7) is 2.12. The number of para-hydroxylation sites is 2. The molecule has 2 heterocycles. The van der Waals surface area contributed by atoms with Gasteiger partial charge >= 0.3 is 0 Å². The molecule has 0 amide bonds. The molecule has 3 heteroatoms. The van der Waals surface area contributed by atoms with Crippen LogP contribution >= 0.6 is 0 Å². The molecule has 0 atom stereocenters. The van der Waals surface area contributed by atoms with Crippen molar-refractivity contribution < 1.29 is 4.42 Å². The third-order valence-corrected chi connectivity index (χ3v) is 6.66. The largest absolute Gasteiger partial charge is 0.455 e. The van der Waals surface area contributed by atoms with E-state index in [-0.39, 0.29) is 0 Å². The van der Waals surface area contributed by atoms with Gasteiger partial charge in [0.15, 0.2) is 0 Å². The number of hydrogen-bond acceptors (Lipinski definition) is 2. The first-order valence-electron chi connectivity index (χ1n) is 11.8. The first-order valence-corrected chi connectivity index (χ1v) is 11.8. The second-order valence-electron chi connectivity index (χ2n) is 8.96. The van der Waals surface area contributed by atoms with Crippen molar-refractivity contribution in [3.8, 4) is 28.2 Å². The summed E-state index contributed by atoms with van der Waals surface area (Å²) in [7, 11) is 0. The molecule has 0 saturated carbocycles. The molecule has 0 spiro atoms. The van der Waals surface area contributed by atoms with Gasteiger partial charge in [0, 0.05) is 27.6 Å². The third kappa shape index (κ3) is 3.17. The summed E-state index contributed by atoms with van der Waals surface area (Å²) in [5.41, 5.74) is 9.46. The van der Waals surface area contributed by atoms with Crippen LogP contribution in [0.5, 0.6) is 0 Å². The lowest BCUT2D eigenvalue weighted by atomic mass is 10.0. The van der Waals surface area contributed by atoms with Gasteiger partial charge in [0.2, 0.25) is 0 Å². The van der Waals surface area contributed by atoms with Crippen molar-refractivity contribution in [3.63, 3.8) is 0 Å². The molecular formula is C32H22N2O. The predicted octanol–water partition coefficient (Wildman–Crippen LogP) is 8.57. The zero-order valence-corrected chi connectivity index (χ0v) is 19.3. The van der Waals surface area contributed by atoms with E-state index in [2.05, 4.69) is 115 Å². The molecular weight excluding hydrogens is 428 g/mol. The van der Waals surface area contributed by atoms with Crippen molar-refractivity contribution >= 4 is 33.0 Å². The predicted molar refractivity (Wildman–Crippen MR) is 144 cm³/mol. The van der Waals surface area contributed by atoms with Crippen LogP contribution in [0.1, 0.15) is 5.56 Å². The zero-order chi connectivity index (χ0) is 23.4. The summed E-state index contributed by atoms with van der Waals surface area (Å²) in [6, 6.07) is 40.0. The number of hydrogen-bond donors (Lipinski definition) is 0. The maximum Gasteiger partial charge on any atom is 0.145 e. The molecule has 0 aliphatic heterocycles. The van der Waals surface area contributed by atoms with Crippen LogP contribution in [0, 0.1) is 6.92 Å². The topological polar surface area (TPSA) is 31.0 Å². The van der Waals surface area contributed by atoms with Crippen molar-refractivity contribution in [2.75, 3.05) is 0 Å². The minimum Gasteiger partial charge on any atom is -0.455 e. The van der Waals surface area contributed by atoms with E-state index in [0.717, 1.165) is 61.2 Å². The first kappa shape index (κ1) is 19.8. The Morgan fingerprint density at radius 1 is 0.657 bits per heavy atom. The minimum absolute atomic E-state index is 0.916. The SMILES string of the molecule is Cc1ccc2oc3c(-c4ccc5nc(-c6ccccc6)n(-c6ccccc6)c5c4)cccc3c2c1. The van der Waals surface area contributed by atoms with E-state index in [1.807, 2.05) is 12.1 Å². The molecule has 0 bridgehead atoms. The summed E-state index contributed by atoms with van der Waals surface area (Å²) in [5.74, 6) is 0.932. The highest BCUT2D eigenvalue weighted by Crippen LogP contribution is 2.38. The summed E-state index contributed by atoms with van der Waals surface area (Å²) in [4.78, 5) is 5.04. The van der Waals surface area contributed by atoms with Crippen molar-refractivity contribution in [1.82, 2.24) is 9.55 Å². The van der Waals surface area contributed by atoms with Gasteiger partial charge < -0.3 is 4.42 Å². The number of imidazole rings is 1. The fourth-order valence-electron chi connectivity index (χ4n) is 5.00. The van der Waals surface area contributed by atoms with Crippen LogP contribution in [0.2, 0.25) is 0 Å². The Labute approximate surface area is 202 Å². The fraction of sp³-hybridized carbons (Fsp3) is 0.0312. The van der Waals surface area contributed by atoms with Gasteiger partial charge in [0.1, 0.15) is 17.0 Å². The van der Waals surface area contributed by atoms with E-state index in [1.54, 1.807) is 0 Å². The van der Waals surface area contributed by atoms with E-state index in [9.17, 15) is 0 Å². The molecule has 166 valence electrons. The lowest BCUT2D eigenvalue weighted by Crippen LogP contribution is -1.97. The average Bonchev–Trinajstić information content (AvgIpc) is 3.47. The highest BCUT2D eigenvalue weighted by molar-refractivity contribution is 6.10. The number of rotatable bonds is 3. The zero-order valence-electron chi connectivity index (χ0n) is 19.3. The number of aromatic nitrogens is 2. The van der Waals surface area contributed by atoms with E-state index < -0.39 is 0 Å². The van der Waals surface area contributed by atoms with Gasteiger partial charge in [0.05, 0.1) is 11.0 Å². The number of benzene rings is 5. The average molecular weight is 451 g/mol. The Kier molecular flexibility index (Phi) is 4.36. The fourth-order valence-corrected chi connectivity index (χ4v) is 5.00. The Morgan fingerprint density at radius 3 is 2.29 bits per heavy atom. The molecule has 0 aliphatic carbocycles. The number of aryl methyl sites for hydroxylation is 1. The van der Waals surface area contributed by atoms with Gasteiger partial charge in [0.25, 0.3) is 0 Å². The Bertz CT molecular complexity index is 1840. The summed E-state index contributed by atoms with van der Waals surface area (Å²) in [6.07, 6.45) is 0. The maximum absolute atomic E-state index is 6.37. The molecule has 3 nitrogen and oxygen atoms in total. The van der Waals surface area contributed by atoms with Crippen LogP contribution in [0.3, 0.4) is 0 Å². The van der Waals surface area contributed by atoms with E-state index in [1.165, 1.54) is 5.56 Å². The van der Waals surface area contributed by atoms with Crippen LogP contribution in [-0.2, 0) is 0 Å². The lowest BCUT2D eigenvalue weighted by Gasteiger charge is -2.10. The maximum atomic E-state index is 6.37. The second kappa shape index (κ2) is 7.71. The summed E-state index contributed by atoms with van der Waals surface area (Å²) < 4.78 is 8.62. The van der Waals surface area contributed by atoms with E-state index >= 15 is 0 Å². The number of fused-ring (bicyclic) bond motifs is 4. The smallest absolute Gasteiger partial charge is 0.145 e. The molecule has 7 rings (SSSR count). The van der Waals surface area contributed by atoms with Gasteiger partial charge in [-0.3, -0.25) is 4.57 Å². The van der Waals surface area contributed by atoms with E-state index in [0.29, 0.717) is 0 Å². The molecule has 0 fully saturated rings. The molecule has 0 aliphatic rings. The van der Waals surface area contributed by atoms with Crippen molar-refractivity contribution in [3.05, 3.63) is 121 Å². The molecule has 0 radical (unpaired) electrons. The van der Waals surface area contributed by atoms with Crippen LogP contribution in [0.4, 0.5) is 0 Å². The Morgan fingerprint density at radius 2 is 1.46 bits per heavy atom. The van der Waals surface area contributed by atoms with Crippen molar-refractivity contribution in [2.24, 2.45) is 0 Å². The minimum atomic E-state index is 0.916. The highest BCUT2D eigenvalue weighted by atomic mass is 16.3. The monoisotopic (exact) mass is 450 g/mol. The van der Waals surface area contributed by atoms with Gasteiger partial charge in [-0.2, -0.15) is 0 Å². The van der Waals surface area contributed by atoms with Gasteiger partial charge in [-0.25, -0.2) is 4.98 Å². The normalized spacial score (nSPS) is 11.6. The van der Waals surface area contributed by atoms with Gasteiger partial charge in [-0.05, 0) is 48.9 Å². The highest BCUT2D eigenvalue weighted by Gasteiger charge is 2.17. The number of nitrogens with zero attached hydrogens (tertiary/aromatic N) is 2. The third-order valence-electron chi connectivity index (χ3n) is 6.66. The first-order chi connectivity index (χ1) is 17.3. The molecule has 35 heavy (non-hydrogen) atoms. The molecule has 5 aromatic carbocycles. The second-order valence-corrected chi connectivity index (χ2v) is 8.96. The quantitative estimate of drug-likeness (QED) is 0.270. The molecule has 0 N–H and O–H groups in total. The molecule has 0 unspecified atom stereocenters. The standard InChI is InChI=1S/C32H22N2O/c1-21-15-18-30-27(19-21)26-14-8-13-25(31(26)35-30)23-16-17-28-29(20-23)34(24-11-6-3-7-12-24)32(33-28)22-9-4-2-5-10-22/h2-20H,1H3. The Balaban J connectivity index is 1.50. The molecule has 2 aromatic heterocycles. The van der Waals surface area contributed by atoms with Gasteiger partial charge in [-0.15, -0.1) is 0 Å². The van der Waals surface area contributed by atoms with E-state index in [4.69, 9.17) is 9.40 Å². The van der Waals surface area contributed by atoms with Crippen LogP contribution in [0.15, 0.2) is 120 Å².